The van der Waals surface area contributed by atoms with Crippen LogP contribution >= 0.6 is 0 Å². The summed E-state index contributed by atoms with van der Waals surface area (Å²) in [4.78, 5) is 33.4. The number of carbonyl (C=O) groups excluding carboxylic acids is 2. The van der Waals surface area contributed by atoms with Gasteiger partial charge in [0.15, 0.2) is 5.82 Å². The van der Waals surface area contributed by atoms with E-state index >= 15 is 0 Å². The summed E-state index contributed by atoms with van der Waals surface area (Å²) in [5.74, 6) is 1.12. The van der Waals surface area contributed by atoms with Crippen LogP contribution in [0.15, 0.2) is 53.7 Å². The Bertz CT molecular complexity index is 1230. The minimum Gasteiger partial charge on any atom is -0.369 e. The number of hydrogen-bond acceptors (Lipinski definition) is 8. The predicted molar refractivity (Wildman–Crippen MR) is 116 cm³/mol. The van der Waals surface area contributed by atoms with E-state index in [9.17, 15) is 18.0 Å². The molecular weight excluding hydrogens is 434 g/mol. The Morgan fingerprint density at radius 2 is 1.75 bits per heavy atom. The van der Waals surface area contributed by atoms with E-state index in [0.29, 0.717) is 29.7 Å². The molecule has 166 valence electrons. The lowest BCUT2D eigenvalue weighted by atomic mass is 10.3. The third kappa shape index (κ3) is 4.65. The minimum absolute atomic E-state index is 0.0409. The molecule has 12 heteroatoms. The van der Waals surface area contributed by atoms with Crippen molar-refractivity contribution in [2.45, 2.75) is 24.7 Å². The molecule has 3 heterocycles. The van der Waals surface area contributed by atoms with Crippen molar-refractivity contribution in [1.29, 1.82) is 0 Å². The highest BCUT2D eigenvalue weighted by Gasteiger charge is 2.30. The van der Waals surface area contributed by atoms with Crippen molar-refractivity contribution in [3.8, 4) is 5.82 Å². The molecule has 0 bridgehead atoms. The van der Waals surface area contributed by atoms with Crippen molar-refractivity contribution in [3.63, 3.8) is 0 Å². The fourth-order valence-electron chi connectivity index (χ4n) is 3.26. The summed E-state index contributed by atoms with van der Waals surface area (Å²) < 4.78 is 29.2. The lowest BCUT2D eigenvalue weighted by Crippen LogP contribution is -2.30. The van der Waals surface area contributed by atoms with E-state index in [0.717, 1.165) is 4.90 Å². The van der Waals surface area contributed by atoms with Crippen molar-refractivity contribution < 1.29 is 18.0 Å². The van der Waals surface area contributed by atoms with Gasteiger partial charge in [-0.3, -0.25) is 14.5 Å². The normalized spacial score (nSPS) is 14.2. The molecule has 1 aliphatic rings. The fraction of sp³-hybridized carbons (Fsp3) is 0.250. The van der Waals surface area contributed by atoms with Crippen LogP contribution in [0.2, 0.25) is 0 Å². The molecule has 1 aliphatic heterocycles. The molecule has 0 aliphatic carbocycles. The highest BCUT2D eigenvalue weighted by Crippen LogP contribution is 2.23. The van der Waals surface area contributed by atoms with Gasteiger partial charge in [0.05, 0.1) is 10.6 Å². The van der Waals surface area contributed by atoms with Crippen LogP contribution in [0.5, 0.6) is 0 Å². The highest BCUT2D eigenvalue weighted by molar-refractivity contribution is 7.89. The lowest BCUT2D eigenvalue weighted by molar-refractivity contribution is -0.121. The smallest absolute Gasteiger partial charge is 0.240 e. The van der Waals surface area contributed by atoms with Crippen LogP contribution in [0.3, 0.4) is 0 Å². The van der Waals surface area contributed by atoms with Crippen LogP contribution < -0.4 is 14.9 Å². The summed E-state index contributed by atoms with van der Waals surface area (Å²) in [5, 5.41) is 7.20. The van der Waals surface area contributed by atoms with Gasteiger partial charge in [0.2, 0.25) is 21.8 Å². The van der Waals surface area contributed by atoms with E-state index in [-0.39, 0.29) is 36.1 Å². The number of hydrogen-bond donors (Lipinski definition) is 2. The molecule has 32 heavy (non-hydrogen) atoms. The molecule has 2 N–H and O–H groups in total. The standard InChI is InChI=1S/C20H21N7O4S/c1-14-24-17(13-18(25-14)26-12-2-9-22-26)21-10-11-23-32(30,31)16-5-3-15(4-6-16)27-19(28)7-8-20(27)29/h2-6,9,12-13,23H,7-8,10-11H2,1H3,(H,21,24,25). The van der Waals surface area contributed by atoms with E-state index in [1.807, 2.05) is 0 Å². The quantitative estimate of drug-likeness (QED) is 0.379. The van der Waals surface area contributed by atoms with Gasteiger partial charge in [0.25, 0.3) is 0 Å². The van der Waals surface area contributed by atoms with Crippen LogP contribution in [0.4, 0.5) is 11.5 Å². The molecule has 0 radical (unpaired) electrons. The molecule has 3 aromatic rings. The maximum Gasteiger partial charge on any atom is 0.240 e. The monoisotopic (exact) mass is 455 g/mol. The number of nitrogens with one attached hydrogen (secondary N) is 2. The zero-order valence-corrected chi connectivity index (χ0v) is 18.0. The third-order valence-electron chi connectivity index (χ3n) is 4.74. The van der Waals surface area contributed by atoms with Gasteiger partial charge < -0.3 is 5.32 Å². The van der Waals surface area contributed by atoms with Crippen molar-refractivity contribution in [2.75, 3.05) is 23.3 Å². The maximum atomic E-state index is 12.5. The number of amides is 2. The first-order chi connectivity index (χ1) is 15.3. The first-order valence-corrected chi connectivity index (χ1v) is 11.4. The Labute approximate surface area is 184 Å². The number of aryl methyl sites for hydroxylation is 1. The average Bonchev–Trinajstić information content (AvgIpc) is 3.41. The number of rotatable bonds is 8. The number of carbonyl (C=O) groups is 2. The molecule has 1 saturated heterocycles. The van der Waals surface area contributed by atoms with E-state index in [2.05, 4.69) is 25.1 Å². The Hall–Kier alpha value is -3.64. The maximum absolute atomic E-state index is 12.5. The number of aromatic nitrogens is 4. The summed E-state index contributed by atoms with van der Waals surface area (Å²) in [7, 11) is -3.76. The summed E-state index contributed by atoms with van der Waals surface area (Å²) in [6.45, 7) is 2.17. The van der Waals surface area contributed by atoms with Crippen LogP contribution in [-0.2, 0) is 19.6 Å². The zero-order chi connectivity index (χ0) is 22.7. The third-order valence-corrected chi connectivity index (χ3v) is 6.22. The summed E-state index contributed by atoms with van der Waals surface area (Å²) >= 11 is 0. The number of anilines is 2. The number of imide groups is 1. The minimum atomic E-state index is -3.76. The SMILES string of the molecule is Cc1nc(NCCNS(=O)(=O)c2ccc(N3C(=O)CCC3=O)cc2)cc(-n2cccn2)n1. The van der Waals surface area contributed by atoms with Crippen LogP contribution in [0.25, 0.3) is 5.82 Å². The van der Waals surface area contributed by atoms with Crippen LogP contribution in [-0.4, -0.2) is 53.1 Å². The topological polar surface area (TPSA) is 139 Å². The molecule has 0 unspecified atom stereocenters. The first kappa shape index (κ1) is 21.6. The van der Waals surface area contributed by atoms with E-state index in [1.54, 1.807) is 36.1 Å². The zero-order valence-electron chi connectivity index (χ0n) is 17.2. The van der Waals surface area contributed by atoms with Gasteiger partial charge in [-0.2, -0.15) is 5.10 Å². The number of sulfonamides is 1. The van der Waals surface area contributed by atoms with Crippen molar-refractivity contribution >= 4 is 33.3 Å². The van der Waals surface area contributed by atoms with E-state index in [4.69, 9.17) is 0 Å². The molecule has 0 saturated carbocycles. The second kappa shape index (κ2) is 8.85. The van der Waals surface area contributed by atoms with E-state index < -0.39 is 10.0 Å². The summed E-state index contributed by atoms with van der Waals surface area (Å²) in [5.41, 5.74) is 0.366. The van der Waals surface area contributed by atoms with Crippen LogP contribution in [0.1, 0.15) is 18.7 Å². The Morgan fingerprint density at radius 3 is 2.41 bits per heavy atom. The second-order valence-corrected chi connectivity index (χ2v) is 8.82. The summed E-state index contributed by atoms with van der Waals surface area (Å²) in [6.07, 6.45) is 3.75. The molecule has 1 fully saturated rings. The van der Waals surface area contributed by atoms with Crippen LogP contribution in [0, 0.1) is 6.92 Å². The molecule has 2 amide bonds. The Morgan fingerprint density at radius 1 is 1.03 bits per heavy atom. The highest BCUT2D eigenvalue weighted by atomic mass is 32.2. The lowest BCUT2D eigenvalue weighted by Gasteiger charge is -2.14. The van der Waals surface area contributed by atoms with Gasteiger partial charge >= 0.3 is 0 Å². The second-order valence-electron chi connectivity index (χ2n) is 7.05. The first-order valence-electron chi connectivity index (χ1n) is 9.88. The largest absolute Gasteiger partial charge is 0.369 e. The average molecular weight is 456 g/mol. The molecule has 2 aromatic heterocycles. The van der Waals surface area contributed by atoms with Gasteiger partial charge in [0.1, 0.15) is 11.6 Å². The predicted octanol–water partition coefficient (Wildman–Crippen LogP) is 1.01. The molecular formula is C20H21N7O4S. The Kier molecular flexibility index (Phi) is 5.97. The van der Waals surface area contributed by atoms with Crippen molar-refractivity contribution in [2.24, 2.45) is 0 Å². The number of nitrogens with zero attached hydrogens (tertiary/aromatic N) is 5. The van der Waals surface area contributed by atoms with Gasteiger partial charge in [-0.15, -0.1) is 0 Å². The van der Waals surface area contributed by atoms with Gasteiger partial charge in [-0.1, -0.05) is 0 Å². The fourth-order valence-corrected chi connectivity index (χ4v) is 4.29. The molecule has 1 aromatic carbocycles. The molecule has 11 nitrogen and oxygen atoms in total. The van der Waals surface area contributed by atoms with Gasteiger partial charge in [-0.25, -0.2) is 27.8 Å². The molecule has 0 atom stereocenters. The van der Waals surface area contributed by atoms with Crippen molar-refractivity contribution in [3.05, 3.63) is 54.6 Å². The molecule has 4 rings (SSSR count). The van der Waals surface area contributed by atoms with E-state index in [1.165, 1.54) is 24.3 Å². The summed E-state index contributed by atoms with van der Waals surface area (Å²) in [6, 6.07) is 9.14. The van der Waals surface area contributed by atoms with Gasteiger partial charge in [-0.05, 0) is 37.3 Å². The van der Waals surface area contributed by atoms with Crippen molar-refractivity contribution in [1.82, 2.24) is 24.5 Å². The number of benzene rings is 1. The molecule has 0 spiro atoms. The van der Waals surface area contributed by atoms with Gasteiger partial charge in [0, 0.05) is 44.4 Å². The Balaban J connectivity index is 1.35.